The predicted octanol–water partition coefficient (Wildman–Crippen LogP) is 2.45. The number of carbonyl (C=O) groups excluding carboxylic acids is 1. The van der Waals surface area contributed by atoms with E-state index in [9.17, 15) is 13.6 Å². The summed E-state index contributed by atoms with van der Waals surface area (Å²) in [5.41, 5.74) is 0.536. The van der Waals surface area contributed by atoms with Gasteiger partial charge in [0.05, 0.1) is 25.8 Å². The topological polar surface area (TPSA) is 60.0 Å². The molecule has 0 aliphatic carbocycles. The minimum Gasteiger partial charge on any atom is -0.435 e. The van der Waals surface area contributed by atoms with Crippen molar-refractivity contribution in [3.63, 3.8) is 0 Å². The quantitative estimate of drug-likeness (QED) is 0.848. The van der Waals surface area contributed by atoms with Gasteiger partial charge >= 0.3 is 6.61 Å². The smallest absolute Gasteiger partial charge is 0.387 e. The Hall–Kier alpha value is -1.77. The molecular weight excluding hydrogens is 334 g/mol. The van der Waals surface area contributed by atoms with Crippen LogP contribution in [-0.2, 0) is 14.3 Å². The average Bonchev–Trinajstić information content (AvgIpc) is 3.11. The van der Waals surface area contributed by atoms with Crippen LogP contribution in [0.5, 0.6) is 5.75 Å². The van der Waals surface area contributed by atoms with E-state index in [1.54, 1.807) is 0 Å². The fraction of sp³-hybridized carbons (Fsp3) is 0.588. The number of alkyl halides is 2. The van der Waals surface area contributed by atoms with Crippen LogP contribution in [0.2, 0.25) is 0 Å². The van der Waals surface area contributed by atoms with Gasteiger partial charge in [0, 0.05) is 5.69 Å². The number of benzene rings is 1. The number of piperidine rings is 1. The van der Waals surface area contributed by atoms with Crippen LogP contribution in [0.1, 0.15) is 19.3 Å². The third kappa shape index (κ3) is 5.10. The van der Waals surface area contributed by atoms with Gasteiger partial charge in [0.25, 0.3) is 0 Å². The highest BCUT2D eigenvalue weighted by Crippen LogP contribution is 2.24. The number of halogens is 2. The molecule has 2 heterocycles. The summed E-state index contributed by atoms with van der Waals surface area (Å²) in [6, 6.07) is 5.94. The standard InChI is InChI=1S/C17H22F2N2O4/c18-17(19)25-13-6-4-12(5-7-13)20-15(22)11-21-8-2-1-3-14(21)16-23-9-10-24-16/h4-7,14,16-17H,1-3,8-11H2,(H,20,22). The first-order valence-electron chi connectivity index (χ1n) is 8.44. The highest BCUT2D eigenvalue weighted by atomic mass is 19.3. The maximum absolute atomic E-state index is 12.3. The molecule has 0 radical (unpaired) electrons. The lowest BCUT2D eigenvalue weighted by Gasteiger charge is -2.37. The lowest BCUT2D eigenvalue weighted by atomic mass is 10.0. The summed E-state index contributed by atoms with van der Waals surface area (Å²) >= 11 is 0. The molecule has 2 fully saturated rings. The second-order valence-corrected chi connectivity index (χ2v) is 6.09. The minimum atomic E-state index is -2.86. The number of likely N-dealkylation sites (tertiary alicyclic amines) is 1. The molecule has 2 aliphatic rings. The highest BCUT2D eigenvalue weighted by Gasteiger charge is 2.34. The lowest BCUT2D eigenvalue weighted by molar-refractivity contribution is -0.127. The van der Waals surface area contributed by atoms with Crippen LogP contribution in [0.4, 0.5) is 14.5 Å². The first-order valence-corrected chi connectivity index (χ1v) is 8.44. The van der Waals surface area contributed by atoms with Gasteiger partial charge in [-0.25, -0.2) is 0 Å². The van der Waals surface area contributed by atoms with Crippen LogP contribution in [0, 0.1) is 0 Å². The number of hydrogen-bond donors (Lipinski definition) is 1. The summed E-state index contributed by atoms with van der Waals surface area (Å²) in [7, 11) is 0. The van der Waals surface area contributed by atoms with Crippen LogP contribution >= 0.6 is 0 Å². The summed E-state index contributed by atoms with van der Waals surface area (Å²) < 4.78 is 39.8. The maximum atomic E-state index is 12.3. The molecule has 3 rings (SSSR count). The van der Waals surface area contributed by atoms with Gasteiger partial charge in [-0.15, -0.1) is 0 Å². The van der Waals surface area contributed by atoms with E-state index in [-0.39, 0.29) is 30.5 Å². The monoisotopic (exact) mass is 356 g/mol. The molecule has 1 aromatic rings. The summed E-state index contributed by atoms with van der Waals surface area (Å²) in [4.78, 5) is 14.4. The zero-order valence-electron chi connectivity index (χ0n) is 13.8. The molecule has 0 aromatic heterocycles. The van der Waals surface area contributed by atoms with Gasteiger partial charge in [0.15, 0.2) is 6.29 Å². The highest BCUT2D eigenvalue weighted by molar-refractivity contribution is 5.92. The number of ether oxygens (including phenoxy) is 3. The van der Waals surface area contributed by atoms with Crippen molar-refractivity contribution in [1.82, 2.24) is 4.90 Å². The van der Waals surface area contributed by atoms with Crippen LogP contribution < -0.4 is 10.1 Å². The van der Waals surface area contributed by atoms with Gasteiger partial charge in [-0.3, -0.25) is 9.69 Å². The Morgan fingerprint density at radius 3 is 2.64 bits per heavy atom. The van der Waals surface area contributed by atoms with Crippen molar-refractivity contribution < 1.29 is 27.8 Å². The van der Waals surface area contributed by atoms with Crippen molar-refractivity contribution in [3.05, 3.63) is 24.3 Å². The Morgan fingerprint density at radius 2 is 1.96 bits per heavy atom. The number of rotatable bonds is 6. The second-order valence-electron chi connectivity index (χ2n) is 6.09. The van der Waals surface area contributed by atoms with Crippen molar-refractivity contribution >= 4 is 11.6 Å². The number of nitrogens with zero attached hydrogens (tertiary/aromatic N) is 1. The van der Waals surface area contributed by atoms with Crippen molar-refractivity contribution in [2.45, 2.75) is 38.2 Å². The third-order valence-corrected chi connectivity index (χ3v) is 4.34. The zero-order chi connectivity index (χ0) is 17.6. The first kappa shape index (κ1) is 18.0. The molecule has 1 amide bonds. The van der Waals surface area contributed by atoms with E-state index in [0.717, 1.165) is 25.8 Å². The van der Waals surface area contributed by atoms with E-state index in [4.69, 9.17) is 9.47 Å². The summed E-state index contributed by atoms with van der Waals surface area (Å²) in [5, 5.41) is 2.78. The van der Waals surface area contributed by atoms with Crippen molar-refractivity contribution in [2.24, 2.45) is 0 Å². The molecule has 8 heteroatoms. The van der Waals surface area contributed by atoms with Crippen LogP contribution in [0.3, 0.4) is 0 Å². The van der Waals surface area contributed by atoms with Crippen LogP contribution in [-0.4, -0.2) is 56.1 Å². The number of anilines is 1. The molecule has 0 bridgehead atoms. The zero-order valence-corrected chi connectivity index (χ0v) is 13.8. The van der Waals surface area contributed by atoms with E-state index < -0.39 is 6.61 Å². The Balaban J connectivity index is 1.53. The number of carbonyl (C=O) groups is 1. The fourth-order valence-electron chi connectivity index (χ4n) is 3.22. The average molecular weight is 356 g/mol. The molecule has 6 nitrogen and oxygen atoms in total. The van der Waals surface area contributed by atoms with Crippen LogP contribution in [0.15, 0.2) is 24.3 Å². The SMILES string of the molecule is O=C(CN1CCCCC1C1OCCO1)Nc1ccc(OC(F)F)cc1. The van der Waals surface area contributed by atoms with Gasteiger partial charge < -0.3 is 19.5 Å². The normalized spacial score (nSPS) is 22.3. The molecule has 1 aromatic carbocycles. The molecule has 1 atom stereocenters. The number of nitrogens with one attached hydrogen (secondary N) is 1. The predicted molar refractivity (Wildman–Crippen MR) is 86.6 cm³/mol. The fourth-order valence-corrected chi connectivity index (χ4v) is 3.22. The second kappa shape index (κ2) is 8.55. The molecule has 2 saturated heterocycles. The summed E-state index contributed by atoms with van der Waals surface area (Å²) in [6.07, 6.45) is 2.81. The van der Waals surface area contributed by atoms with E-state index in [2.05, 4.69) is 15.0 Å². The Morgan fingerprint density at radius 1 is 1.24 bits per heavy atom. The van der Waals surface area contributed by atoms with E-state index in [1.165, 1.54) is 24.3 Å². The van der Waals surface area contributed by atoms with Crippen molar-refractivity contribution in [1.29, 1.82) is 0 Å². The van der Waals surface area contributed by atoms with Crippen molar-refractivity contribution in [3.8, 4) is 5.75 Å². The Labute approximate surface area is 145 Å². The van der Waals surface area contributed by atoms with Gasteiger partial charge in [0.2, 0.25) is 5.91 Å². The lowest BCUT2D eigenvalue weighted by Crippen LogP contribution is -2.50. The number of amides is 1. The molecule has 1 N–H and O–H groups in total. The van der Waals surface area contributed by atoms with E-state index in [1.807, 2.05) is 0 Å². The Kier molecular flexibility index (Phi) is 6.17. The summed E-state index contributed by atoms with van der Waals surface area (Å²) in [6.45, 7) is -0.620. The number of hydrogen-bond acceptors (Lipinski definition) is 5. The van der Waals surface area contributed by atoms with E-state index >= 15 is 0 Å². The van der Waals surface area contributed by atoms with Gasteiger partial charge in [-0.2, -0.15) is 8.78 Å². The molecular formula is C17H22F2N2O4. The molecule has 2 aliphatic heterocycles. The molecule has 0 spiro atoms. The van der Waals surface area contributed by atoms with Crippen LogP contribution in [0.25, 0.3) is 0 Å². The minimum absolute atomic E-state index is 0.0552. The van der Waals surface area contributed by atoms with Crippen molar-refractivity contribution in [2.75, 3.05) is 31.6 Å². The third-order valence-electron chi connectivity index (χ3n) is 4.34. The van der Waals surface area contributed by atoms with Gasteiger partial charge in [-0.05, 0) is 43.7 Å². The molecule has 1 unspecified atom stereocenters. The van der Waals surface area contributed by atoms with Gasteiger partial charge in [0.1, 0.15) is 5.75 Å². The largest absolute Gasteiger partial charge is 0.435 e. The van der Waals surface area contributed by atoms with E-state index in [0.29, 0.717) is 18.9 Å². The first-order chi connectivity index (χ1) is 12.1. The summed E-state index contributed by atoms with van der Waals surface area (Å²) in [5.74, 6) is -0.105. The molecule has 138 valence electrons. The maximum Gasteiger partial charge on any atom is 0.387 e. The molecule has 0 saturated carbocycles. The Bertz CT molecular complexity index is 564. The van der Waals surface area contributed by atoms with Gasteiger partial charge in [-0.1, -0.05) is 6.42 Å². The molecule has 25 heavy (non-hydrogen) atoms.